The summed E-state index contributed by atoms with van der Waals surface area (Å²) >= 11 is 0. The molecule has 18 heavy (non-hydrogen) atoms. The van der Waals surface area contributed by atoms with Crippen LogP contribution in [0.4, 0.5) is 0 Å². The summed E-state index contributed by atoms with van der Waals surface area (Å²) in [7, 11) is -2.53. The van der Waals surface area contributed by atoms with Crippen molar-refractivity contribution >= 4 is 22.3 Å². The van der Waals surface area contributed by atoms with Gasteiger partial charge in [-0.05, 0) is 51.4 Å². The summed E-state index contributed by atoms with van der Waals surface area (Å²) in [6.07, 6.45) is 0. The maximum atomic E-state index is 2.65. The fraction of sp³-hybridized carbons (Fsp3) is 0.500. The molecule has 0 N–H and O–H groups in total. The Balaban J connectivity index is 2.48. The van der Waals surface area contributed by atoms with E-state index in [9.17, 15) is 0 Å². The molecule has 0 bridgehead atoms. The summed E-state index contributed by atoms with van der Waals surface area (Å²) in [6.45, 7) is 15.7. The van der Waals surface area contributed by atoms with E-state index in [-0.39, 0.29) is 0 Å². The quantitative estimate of drug-likeness (QED) is 0.768. The predicted octanol–water partition coefficient (Wildman–Crippen LogP) is 3.39. The summed E-state index contributed by atoms with van der Waals surface area (Å²) < 4.78 is 5.31. The normalized spacial score (nSPS) is 16.9. The molecule has 2 rings (SSSR count). The molecule has 1 aromatic carbocycles. The Kier molecular flexibility index (Phi) is 3.27. The van der Waals surface area contributed by atoms with Gasteiger partial charge < -0.3 is 0 Å². The van der Waals surface area contributed by atoms with Crippen LogP contribution < -0.4 is 0 Å². The van der Waals surface area contributed by atoms with E-state index in [1.54, 1.807) is 0 Å². The van der Waals surface area contributed by atoms with Gasteiger partial charge in [-0.2, -0.15) is 0 Å². The number of rotatable bonds is 3. The van der Waals surface area contributed by atoms with E-state index in [1.807, 2.05) is 0 Å². The van der Waals surface area contributed by atoms with Gasteiger partial charge in [-0.1, -0.05) is 18.2 Å². The highest BCUT2D eigenvalue weighted by atomic mass is 28.3. The van der Waals surface area contributed by atoms with Crippen molar-refractivity contribution in [1.29, 1.82) is 0 Å². The van der Waals surface area contributed by atoms with E-state index in [0.717, 1.165) is 6.67 Å². The van der Waals surface area contributed by atoms with E-state index in [0.29, 0.717) is 0 Å². The second-order valence-electron chi connectivity index (χ2n) is 7.03. The first-order valence-electron chi connectivity index (χ1n) is 6.69. The number of amidine groups is 1. The van der Waals surface area contributed by atoms with Gasteiger partial charge in [-0.3, -0.25) is 8.81 Å². The third-order valence-electron chi connectivity index (χ3n) is 3.45. The topological polar surface area (TPSA) is 6.25 Å². The lowest BCUT2D eigenvalue weighted by atomic mass is 10.2. The van der Waals surface area contributed by atoms with E-state index in [2.05, 4.69) is 78.4 Å². The molecule has 98 valence electrons. The average Bonchev–Trinajstić information content (AvgIpc) is 2.12. The van der Waals surface area contributed by atoms with E-state index in [1.165, 1.54) is 11.4 Å². The predicted molar refractivity (Wildman–Crippen MR) is 84.2 cm³/mol. The largest absolute Gasteiger partial charge is 0.277 e. The minimum Gasteiger partial charge on any atom is -0.277 e. The molecule has 0 atom stereocenters. The second-order valence-corrected chi connectivity index (χ2v) is 16.8. The highest BCUT2D eigenvalue weighted by Crippen LogP contribution is 2.25. The molecule has 2 nitrogen and oxygen atoms in total. The van der Waals surface area contributed by atoms with Gasteiger partial charge in [0.2, 0.25) is 0 Å². The van der Waals surface area contributed by atoms with Crippen LogP contribution >= 0.6 is 0 Å². The SMILES string of the molecule is C[Si](C)(C)N1C[N+]([Si](C)(C)C)=C1c1ccccc1. The van der Waals surface area contributed by atoms with Crippen molar-refractivity contribution in [2.75, 3.05) is 6.67 Å². The van der Waals surface area contributed by atoms with Crippen LogP contribution in [-0.2, 0) is 0 Å². The number of hydrogen-bond acceptors (Lipinski definition) is 1. The van der Waals surface area contributed by atoms with Crippen molar-refractivity contribution in [2.24, 2.45) is 0 Å². The summed E-state index contributed by atoms with van der Waals surface area (Å²) in [6, 6.07) is 10.9. The van der Waals surface area contributed by atoms with Gasteiger partial charge in [0.15, 0.2) is 6.67 Å². The summed E-state index contributed by atoms with van der Waals surface area (Å²) in [5.74, 6) is 1.48. The number of benzene rings is 1. The molecular weight excluding hydrogens is 252 g/mol. The third-order valence-corrected chi connectivity index (χ3v) is 7.39. The molecule has 0 amide bonds. The van der Waals surface area contributed by atoms with Crippen LogP contribution in [0.3, 0.4) is 0 Å². The summed E-state index contributed by atoms with van der Waals surface area (Å²) in [4.78, 5) is 0. The molecule has 0 saturated carbocycles. The smallest absolute Gasteiger partial charge is 0.256 e. The first-order valence-corrected chi connectivity index (χ1v) is 13.6. The van der Waals surface area contributed by atoms with Crippen LogP contribution in [0.25, 0.3) is 0 Å². The van der Waals surface area contributed by atoms with Crippen LogP contribution in [-0.4, -0.2) is 37.8 Å². The number of hydrogen-bond donors (Lipinski definition) is 0. The molecule has 0 aliphatic carbocycles. The Morgan fingerprint density at radius 2 is 1.50 bits per heavy atom. The Bertz CT molecular complexity index is 467. The molecule has 1 aliphatic heterocycles. The Morgan fingerprint density at radius 3 is 1.94 bits per heavy atom. The molecule has 0 spiro atoms. The zero-order valence-corrected chi connectivity index (χ0v) is 14.5. The van der Waals surface area contributed by atoms with Gasteiger partial charge in [-0.15, -0.1) is 0 Å². The van der Waals surface area contributed by atoms with Gasteiger partial charge >= 0.3 is 0 Å². The molecule has 0 aromatic heterocycles. The van der Waals surface area contributed by atoms with Crippen molar-refractivity contribution in [3.63, 3.8) is 0 Å². The Labute approximate surface area is 113 Å². The van der Waals surface area contributed by atoms with Gasteiger partial charge in [0.1, 0.15) is 0 Å². The number of nitrogens with zero attached hydrogens (tertiary/aromatic N) is 2. The van der Waals surface area contributed by atoms with E-state index >= 15 is 0 Å². The molecule has 0 fully saturated rings. The van der Waals surface area contributed by atoms with Crippen LogP contribution in [0.2, 0.25) is 39.3 Å². The molecule has 0 unspecified atom stereocenters. The van der Waals surface area contributed by atoms with Crippen LogP contribution in [0, 0.1) is 0 Å². The zero-order valence-electron chi connectivity index (χ0n) is 12.5. The molecule has 4 heteroatoms. The average molecular weight is 278 g/mol. The van der Waals surface area contributed by atoms with Crippen molar-refractivity contribution < 1.29 is 4.24 Å². The van der Waals surface area contributed by atoms with E-state index in [4.69, 9.17) is 0 Å². The monoisotopic (exact) mass is 277 g/mol. The lowest BCUT2D eigenvalue weighted by molar-refractivity contribution is -0.461. The minimum absolute atomic E-state index is 1.13. The first kappa shape index (κ1) is 13.6. The second kappa shape index (κ2) is 4.35. The molecular formula is C14H25N2Si2+. The fourth-order valence-corrected chi connectivity index (χ4v) is 5.45. The van der Waals surface area contributed by atoms with Gasteiger partial charge in [-0.25, -0.2) is 0 Å². The van der Waals surface area contributed by atoms with Gasteiger partial charge in [0.05, 0.1) is 5.56 Å². The van der Waals surface area contributed by atoms with Crippen LogP contribution in [0.5, 0.6) is 0 Å². The minimum atomic E-state index is -1.26. The highest BCUT2D eigenvalue weighted by molar-refractivity contribution is 6.77. The van der Waals surface area contributed by atoms with Gasteiger partial charge in [0.25, 0.3) is 22.3 Å². The standard InChI is InChI=1S/C14H25N2Si2/c1-17(2,3)15-12-16(18(4,5)6)14(15)13-10-8-7-9-11-13/h7-11H,12H2,1-6H3/q+1. The van der Waals surface area contributed by atoms with Crippen molar-refractivity contribution in [3.05, 3.63) is 35.9 Å². The molecule has 1 aliphatic rings. The zero-order chi connectivity index (χ0) is 13.6. The van der Waals surface area contributed by atoms with Crippen molar-refractivity contribution in [1.82, 2.24) is 4.57 Å². The Hall–Kier alpha value is -0.876. The summed E-state index contributed by atoms with van der Waals surface area (Å²) in [5, 5.41) is 0. The Morgan fingerprint density at radius 1 is 0.944 bits per heavy atom. The molecule has 1 heterocycles. The van der Waals surface area contributed by atoms with Crippen LogP contribution in [0.1, 0.15) is 5.56 Å². The fourth-order valence-electron chi connectivity index (χ4n) is 2.30. The van der Waals surface area contributed by atoms with Gasteiger partial charge in [0, 0.05) is 0 Å². The first-order chi connectivity index (χ1) is 8.21. The van der Waals surface area contributed by atoms with E-state index < -0.39 is 16.5 Å². The molecule has 0 saturated heterocycles. The molecule has 0 radical (unpaired) electrons. The van der Waals surface area contributed by atoms with Crippen molar-refractivity contribution in [3.8, 4) is 0 Å². The van der Waals surface area contributed by atoms with Crippen LogP contribution in [0.15, 0.2) is 30.3 Å². The van der Waals surface area contributed by atoms with Crippen molar-refractivity contribution in [2.45, 2.75) is 39.3 Å². The lowest BCUT2D eigenvalue weighted by Gasteiger charge is -2.43. The third kappa shape index (κ3) is 2.45. The maximum absolute atomic E-state index is 2.65. The molecule has 1 aromatic rings. The highest BCUT2D eigenvalue weighted by Gasteiger charge is 2.48. The summed E-state index contributed by atoms with van der Waals surface area (Å²) in [5.41, 5.74) is 1.38. The lowest BCUT2D eigenvalue weighted by Crippen LogP contribution is -2.68. The maximum Gasteiger partial charge on any atom is 0.256 e.